The van der Waals surface area contributed by atoms with E-state index in [1.165, 1.54) is 31.9 Å². The normalized spacial score (nSPS) is 22.2. The van der Waals surface area contributed by atoms with Crippen molar-refractivity contribution in [1.82, 2.24) is 10.2 Å². The highest BCUT2D eigenvalue weighted by atomic mass is 32.2. The maximum absolute atomic E-state index is 11.4. The Balaban J connectivity index is 2.86. The number of likely N-dealkylation sites (N-methyl/N-ethyl adjacent to an activating group) is 2. The van der Waals surface area contributed by atoms with Crippen LogP contribution < -0.4 is 5.32 Å². The smallest absolute Gasteiger partial charge is 0.147 e. The second-order valence-electron chi connectivity index (χ2n) is 6.17. The lowest BCUT2D eigenvalue weighted by atomic mass is 9.80. The summed E-state index contributed by atoms with van der Waals surface area (Å²) in [5.74, 6) is 0.272. The van der Waals surface area contributed by atoms with Crippen molar-refractivity contribution in [3.05, 3.63) is 0 Å². The second-order valence-corrected chi connectivity index (χ2v) is 8.43. The molecule has 1 N–H and O–H groups in total. The molecule has 0 heterocycles. The van der Waals surface area contributed by atoms with Gasteiger partial charge in [0.25, 0.3) is 0 Å². The van der Waals surface area contributed by atoms with E-state index in [-0.39, 0.29) is 17.3 Å². The summed E-state index contributed by atoms with van der Waals surface area (Å²) in [5.41, 5.74) is 0.107. The van der Waals surface area contributed by atoms with Crippen LogP contribution in [0, 0.1) is 0 Å². The van der Waals surface area contributed by atoms with Crippen molar-refractivity contribution >= 4 is 9.84 Å². The average Bonchev–Trinajstić information content (AvgIpc) is 2.55. The maximum Gasteiger partial charge on any atom is 0.147 e. The topological polar surface area (TPSA) is 49.4 Å². The molecule has 0 aromatic heterocycles. The summed E-state index contributed by atoms with van der Waals surface area (Å²) >= 11 is 0. The minimum absolute atomic E-state index is 0.107. The Labute approximate surface area is 118 Å². The second kappa shape index (κ2) is 7.04. The minimum atomic E-state index is -2.89. The Hall–Kier alpha value is -0.130. The van der Waals surface area contributed by atoms with Crippen molar-refractivity contribution in [3.8, 4) is 0 Å². The number of nitrogens with zero attached hydrogens (tertiary/aromatic N) is 1. The monoisotopic (exact) mass is 290 g/mol. The molecule has 1 fully saturated rings. The van der Waals surface area contributed by atoms with Crippen LogP contribution in [0.15, 0.2) is 0 Å². The Kier molecular flexibility index (Phi) is 6.27. The molecule has 1 aliphatic carbocycles. The molecule has 1 unspecified atom stereocenters. The third kappa shape index (κ3) is 4.72. The number of hydrogen-bond donors (Lipinski definition) is 1. The highest BCUT2D eigenvalue weighted by Crippen LogP contribution is 2.35. The van der Waals surface area contributed by atoms with Crippen LogP contribution in [0.5, 0.6) is 0 Å². The molecule has 1 saturated carbocycles. The first kappa shape index (κ1) is 16.9. The van der Waals surface area contributed by atoms with Crippen molar-refractivity contribution in [2.45, 2.75) is 56.5 Å². The van der Waals surface area contributed by atoms with E-state index in [1.54, 1.807) is 0 Å². The molecule has 1 atom stereocenters. The van der Waals surface area contributed by atoms with Crippen molar-refractivity contribution in [2.24, 2.45) is 0 Å². The van der Waals surface area contributed by atoms with Gasteiger partial charge in [0.15, 0.2) is 0 Å². The fourth-order valence-electron chi connectivity index (χ4n) is 3.46. The Morgan fingerprint density at radius 3 is 2.05 bits per heavy atom. The van der Waals surface area contributed by atoms with E-state index in [4.69, 9.17) is 0 Å². The van der Waals surface area contributed by atoms with E-state index in [2.05, 4.69) is 24.3 Å². The molecule has 0 amide bonds. The van der Waals surface area contributed by atoms with Gasteiger partial charge >= 0.3 is 0 Å². The Bertz CT molecular complexity index is 358. The molecule has 0 radical (unpaired) electrons. The molecule has 0 aliphatic heterocycles. The number of hydrogen-bond acceptors (Lipinski definition) is 4. The van der Waals surface area contributed by atoms with Gasteiger partial charge in [-0.05, 0) is 40.4 Å². The van der Waals surface area contributed by atoms with Crippen molar-refractivity contribution < 1.29 is 8.42 Å². The molecule has 19 heavy (non-hydrogen) atoms. The molecule has 4 nitrogen and oxygen atoms in total. The van der Waals surface area contributed by atoms with Crippen LogP contribution in [0.1, 0.15) is 44.9 Å². The number of rotatable bonds is 6. The first-order valence-corrected chi connectivity index (χ1v) is 9.40. The van der Waals surface area contributed by atoms with E-state index in [1.807, 2.05) is 7.05 Å². The van der Waals surface area contributed by atoms with E-state index in [0.29, 0.717) is 6.42 Å². The summed E-state index contributed by atoms with van der Waals surface area (Å²) in [6.45, 7) is 0. The van der Waals surface area contributed by atoms with Crippen LogP contribution in [0.25, 0.3) is 0 Å². The molecule has 1 rings (SSSR count). The highest BCUT2D eigenvalue weighted by molar-refractivity contribution is 7.90. The molecule has 0 bridgehead atoms. The van der Waals surface area contributed by atoms with Crippen molar-refractivity contribution in [3.63, 3.8) is 0 Å². The minimum Gasteiger partial charge on any atom is -0.315 e. The molecule has 0 spiro atoms. The van der Waals surface area contributed by atoms with Crippen molar-refractivity contribution in [1.29, 1.82) is 0 Å². The lowest BCUT2D eigenvalue weighted by molar-refractivity contribution is 0.0821. The van der Waals surface area contributed by atoms with Crippen LogP contribution in [-0.4, -0.2) is 58.1 Å². The van der Waals surface area contributed by atoms with Crippen LogP contribution in [0.2, 0.25) is 0 Å². The van der Waals surface area contributed by atoms with Crippen LogP contribution in [-0.2, 0) is 9.84 Å². The number of sulfone groups is 1. The third-order valence-electron chi connectivity index (χ3n) is 4.63. The molecule has 114 valence electrons. The van der Waals surface area contributed by atoms with E-state index in [0.717, 1.165) is 12.8 Å². The summed E-state index contributed by atoms with van der Waals surface area (Å²) in [6.07, 6.45) is 9.45. The zero-order valence-corrected chi connectivity index (χ0v) is 13.7. The van der Waals surface area contributed by atoms with Gasteiger partial charge < -0.3 is 10.2 Å². The quantitative estimate of drug-likeness (QED) is 0.756. The summed E-state index contributed by atoms with van der Waals surface area (Å²) in [5, 5.41) is 3.39. The fraction of sp³-hybridized carbons (Fsp3) is 1.00. The van der Waals surface area contributed by atoms with Crippen LogP contribution in [0.3, 0.4) is 0 Å². The van der Waals surface area contributed by atoms with Gasteiger partial charge in [0.1, 0.15) is 9.84 Å². The van der Waals surface area contributed by atoms with E-state index >= 15 is 0 Å². The molecule has 0 aromatic carbocycles. The van der Waals surface area contributed by atoms with Gasteiger partial charge in [-0.15, -0.1) is 0 Å². The van der Waals surface area contributed by atoms with Gasteiger partial charge in [-0.2, -0.15) is 0 Å². The summed E-state index contributed by atoms with van der Waals surface area (Å²) < 4.78 is 22.9. The average molecular weight is 290 g/mol. The van der Waals surface area contributed by atoms with Gasteiger partial charge in [-0.25, -0.2) is 8.42 Å². The molecule has 1 aliphatic rings. The lowest BCUT2D eigenvalue weighted by Gasteiger charge is -2.46. The van der Waals surface area contributed by atoms with Gasteiger partial charge in [-0.1, -0.05) is 25.7 Å². The largest absolute Gasteiger partial charge is 0.315 e. The Morgan fingerprint density at radius 2 is 1.68 bits per heavy atom. The summed E-state index contributed by atoms with van der Waals surface area (Å²) in [4.78, 5) is 2.32. The molecular weight excluding hydrogens is 260 g/mol. The van der Waals surface area contributed by atoms with Crippen LogP contribution in [0.4, 0.5) is 0 Å². The van der Waals surface area contributed by atoms with Gasteiger partial charge in [0.05, 0.1) is 5.75 Å². The SMILES string of the molecule is CNC(CCS(C)(=O)=O)C1(N(C)C)CCCCCC1. The summed E-state index contributed by atoms with van der Waals surface area (Å²) in [7, 11) is 3.34. The molecule has 0 aromatic rings. The standard InChI is InChI=1S/C14H30N2O2S/c1-15-13(9-12-19(4,17)18)14(16(2)3)10-7-5-6-8-11-14/h13,15H,5-12H2,1-4H3. The van der Waals surface area contributed by atoms with E-state index < -0.39 is 9.84 Å². The van der Waals surface area contributed by atoms with Crippen LogP contribution >= 0.6 is 0 Å². The van der Waals surface area contributed by atoms with Crippen molar-refractivity contribution in [2.75, 3.05) is 33.2 Å². The Morgan fingerprint density at radius 1 is 1.16 bits per heavy atom. The molecule has 5 heteroatoms. The fourth-order valence-corrected chi connectivity index (χ4v) is 4.13. The first-order chi connectivity index (χ1) is 8.82. The zero-order valence-electron chi connectivity index (χ0n) is 12.9. The van der Waals surface area contributed by atoms with Gasteiger partial charge in [-0.3, -0.25) is 0 Å². The number of nitrogens with one attached hydrogen (secondary N) is 1. The third-order valence-corrected chi connectivity index (χ3v) is 5.61. The maximum atomic E-state index is 11.4. The summed E-state index contributed by atoms with van der Waals surface area (Å²) in [6, 6.07) is 0.246. The first-order valence-electron chi connectivity index (χ1n) is 7.34. The predicted molar refractivity (Wildman–Crippen MR) is 81.3 cm³/mol. The molecular formula is C14H30N2O2S. The highest BCUT2D eigenvalue weighted by Gasteiger charge is 2.40. The molecule has 0 saturated heterocycles. The van der Waals surface area contributed by atoms with Gasteiger partial charge in [0, 0.05) is 17.8 Å². The van der Waals surface area contributed by atoms with Gasteiger partial charge in [0.2, 0.25) is 0 Å². The zero-order chi connectivity index (χ0) is 14.5. The lowest BCUT2D eigenvalue weighted by Crippen LogP contribution is -2.58. The predicted octanol–water partition coefficient (Wildman–Crippen LogP) is 1.66. The van der Waals surface area contributed by atoms with E-state index in [9.17, 15) is 8.42 Å².